The number of nitrogens with zero attached hydrogens (tertiary/aromatic N) is 2. The van der Waals surface area contributed by atoms with Gasteiger partial charge in [0.25, 0.3) is 0 Å². The molecular formula is C21H46N2Si2. The van der Waals surface area contributed by atoms with Gasteiger partial charge in [-0.1, -0.05) is 78.8 Å². The fraction of sp³-hybridized carbons (Fsp3) is 1.00. The van der Waals surface area contributed by atoms with Gasteiger partial charge in [-0.05, 0) is 43.8 Å². The lowest BCUT2D eigenvalue weighted by Crippen LogP contribution is -2.50. The van der Waals surface area contributed by atoms with Crippen molar-refractivity contribution in [2.75, 3.05) is 0 Å². The Morgan fingerprint density at radius 3 is 1.80 bits per heavy atom. The third-order valence-corrected chi connectivity index (χ3v) is 13.4. The van der Waals surface area contributed by atoms with Gasteiger partial charge in [0.1, 0.15) is 8.96 Å². The van der Waals surface area contributed by atoms with Crippen LogP contribution < -0.4 is 0 Å². The summed E-state index contributed by atoms with van der Waals surface area (Å²) in [6.07, 6.45) is 14.8. The number of rotatable bonds is 9. The van der Waals surface area contributed by atoms with E-state index in [9.17, 15) is 0 Å². The molecule has 1 atom stereocenters. The van der Waals surface area contributed by atoms with Crippen molar-refractivity contribution in [1.82, 2.24) is 9.13 Å². The van der Waals surface area contributed by atoms with Crippen LogP contribution in [0.15, 0.2) is 0 Å². The minimum atomic E-state index is -0.740. The van der Waals surface area contributed by atoms with E-state index in [1.54, 1.807) is 12.1 Å². The van der Waals surface area contributed by atoms with Crippen molar-refractivity contribution in [3.05, 3.63) is 0 Å². The fourth-order valence-electron chi connectivity index (χ4n) is 5.66. The molecule has 0 spiro atoms. The van der Waals surface area contributed by atoms with E-state index in [-0.39, 0.29) is 9.68 Å². The second kappa shape index (κ2) is 11.3. The van der Waals surface area contributed by atoms with Crippen LogP contribution in [-0.4, -0.2) is 51.9 Å². The summed E-state index contributed by atoms with van der Waals surface area (Å²) in [6.45, 7) is 12.5. The zero-order chi connectivity index (χ0) is 18.2. The van der Waals surface area contributed by atoms with Gasteiger partial charge in [0.05, 0.1) is 9.68 Å². The standard InChI is InChI=1S/C21H46N2Si2/c1-18(2)22(20-12-8-6-9-13-20)24-16-17-25(5)23(19(3)4)21-14-10-7-11-15-21/h18-21,25H,6-17,24H2,1-5H3. The van der Waals surface area contributed by atoms with Gasteiger partial charge in [-0.2, -0.15) is 0 Å². The molecule has 0 N–H and O–H groups in total. The first-order chi connectivity index (χ1) is 12.0. The molecule has 0 heterocycles. The highest BCUT2D eigenvalue weighted by Crippen LogP contribution is 2.27. The minimum Gasteiger partial charge on any atom is -0.324 e. The highest BCUT2D eigenvalue weighted by atomic mass is 28.3. The summed E-state index contributed by atoms with van der Waals surface area (Å²) in [5.74, 6) is 0. The lowest BCUT2D eigenvalue weighted by atomic mass is 9.95. The molecule has 0 aromatic carbocycles. The predicted octanol–water partition coefficient (Wildman–Crippen LogP) is 4.93. The van der Waals surface area contributed by atoms with E-state index in [2.05, 4.69) is 43.4 Å². The Kier molecular flexibility index (Phi) is 9.75. The van der Waals surface area contributed by atoms with Crippen LogP contribution in [0.4, 0.5) is 0 Å². The molecule has 148 valence electrons. The average molecular weight is 383 g/mol. The van der Waals surface area contributed by atoms with Gasteiger partial charge >= 0.3 is 0 Å². The Labute approximate surface area is 162 Å². The third-order valence-electron chi connectivity index (χ3n) is 6.85. The summed E-state index contributed by atoms with van der Waals surface area (Å²) in [7, 11) is -0.793. The first kappa shape index (κ1) is 21.7. The van der Waals surface area contributed by atoms with Gasteiger partial charge in [0.2, 0.25) is 0 Å². The van der Waals surface area contributed by atoms with Gasteiger partial charge in [-0.25, -0.2) is 0 Å². The van der Waals surface area contributed by atoms with Crippen LogP contribution >= 0.6 is 0 Å². The maximum atomic E-state index is 3.02. The maximum absolute atomic E-state index is 3.02. The van der Waals surface area contributed by atoms with E-state index in [0.29, 0.717) is 0 Å². The Balaban J connectivity index is 1.82. The quantitative estimate of drug-likeness (QED) is 0.522. The zero-order valence-electron chi connectivity index (χ0n) is 18.0. The van der Waals surface area contributed by atoms with Crippen molar-refractivity contribution in [2.24, 2.45) is 0 Å². The van der Waals surface area contributed by atoms with Crippen molar-refractivity contribution in [2.45, 2.75) is 135 Å². The fourth-order valence-corrected chi connectivity index (χ4v) is 12.7. The Bertz CT molecular complexity index is 350. The molecule has 0 saturated heterocycles. The first-order valence-corrected chi connectivity index (χ1v) is 15.7. The van der Waals surface area contributed by atoms with Gasteiger partial charge in [-0.15, -0.1) is 0 Å². The van der Waals surface area contributed by atoms with E-state index in [0.717, 1.165) is 24.2 Å². The van der Waals surface area contributed by atoms with Gasteiger partial charge < -0.3 is 9.13 Å². The molecule has 2 aliphatic carbocycles. The average Bonchev–Trinajstić information content (AvgIpc) is 2.60. The highest BCUT2D eigenvalue weighted by molar-refractivity contribution is 6.56. The zero-order valence-corrected chi connectivity index (χ0v) is 20.5. The van der Waals surface area contributed by atoms with Gasteiger partial charge in [-0.3, -0.25) is 0 Å². The molecule has 0 amide bonds. The highest BCUT2D eigenvalue weighted by Gasteiger charge is 2.28. The molecule has 25 heavy (non-hydrogen) atoms. The van der Waals surface area contributed by atoms with Crippen LogP contribution in [0.25, 0.3) is 0 Å². The smallest absolute Gasteiger partial charge is 0.109 e. The van der Waals surface area contributed by atoms with Crippen LogP contribution in [0.2, 0.25) is 18.6 Å². The molecule has 0 aromatic rings. The monoisotopic (exact) mass is 382 g/mol. The normalized spacial score (nSPS) is 22.9. The van der Waals surface area contributed by atoms with Crippen molar-refractivity contribution >= 4 is 18.6 Å². The van der Waals surface area contributed by atoms with Crippen molar-refractivity contribution < 1.29 is 0 Å². The Morgan fingerprint density at radius 1 is 0.800 bits per heavy atom. The topological polar surface area (TPSA) is 6.48 Å². The van der Waals surface area contributed by atoms with E-state index in [1.807, 2.05) is 0 Å². The molecule has 2 nitrogen and oxygen atoms in total. The maximum Gasteiger partial charge on any atom is 0.109 e. The van der Waals surface area contributed by atoms with Crippen LogP contribution in [-0.2, 0) is 0 Å². The second-order valence-electron chi connectivity index (χ2n) is 9.45. The molecule has 0 bridgehead atoms. The summed E-state index contributed by atoms with van der Waals surface area (Å²) in [5, 5.41) is 0. The van der Waals surface area contributed by atoms with Crippen LogP contribution in [0, 0.1) is 0 Å². The molecule has 2 aliphatic rings. The van der Waals surface area contributed by atoms with Gasteiger partial charge in [0, 0.05) is 12.1 Å². The Hall–Kier alpha value is 0.354. The summed E-state index contributed by atoms with van der Waals surface area (Å²) in [6, 6.07) is 6.56. The molecule has 4 heteroatoms. The number of hydrogen-bond donors (Lipinski definition) is 0. The lowest BCUT2D eigenvalue weighted by Gasteiger charge is -2.42. The molecule has 0 aliphatic heterocycles. The second-order valence-corrected chi connectivity index (χ2v) is 14.2. The molecule has 0 aromatic heterocycles. The van der Waals surface area contributed by atoms with Crippen molar-refractivity contribution in [3.8, 4) is 0 Å². The summed E-state index contributed by atoms with van der Waals surface area (Å²) < 4.78 is 6.01. The Morgan fingerprint density at radius 2 is 1.32 bits per heavy atom. The minimum absolute atomic E-state index is 0.0534. The van der Waals surface area contributed by atoms with Crippen LogP contribution in [0.1, 0.15) is 91.9 Å². The third kappa shape index (κ3) is 6.78. The summed E-state index contributed by atoms with van der Waals surface area (Å²) >= 11 is 0. The van der Waals surface area contributed by atoms with Crippen LogP contribution in [0.3, 0.4) is 0 Å². The molecule has 2 fully saturated rings. The van der Waals surface area contributed by atoms with Crippen LogP contribution in [0.5, 0.6) is 0 Å². The molecule has 1 unspecified atom stereocenters. The summed E-state index contributed by atoms with van der Waals surface area (Å²) in [5.41, 5.74) is 0. The van der Waals surface area contributed by atoms with E-state index >= 15 is 0 Å². The summed E-state index contributed by atoms with van der Waals surface area (Å²) in [4.78, 5) is 0. The largest absolute Gasteiger partial charge is 0.324 e. The lowest BCUT2D eigenvalue weighted by molar-refractivity contribution is 0.215. The SMILES string of the molecule is CC(C)N([SiH2]CC[SiH](C)N(C(C)C)C1CCCCC1)C1CCCCC1. The van der Waals surface area contributed by atoms with E-state index in [4.69, 9.17) is 0 Å². The van der Waals surface area contributed by atoms with Crippen molar-refractivity contribution in [1.29, 1.82) is 0 Å². The number of hydrogen-bond acceptors (Lipinski definition) is 2. The van der Waals surface area contributed by atoms with Crippen molar-refractivity contribution in [3.63, 3.8) is 0 Å². The predicted molar refractivity (Wildman–Crippen MR) is 119 cm³/mol. The molecule has 0 radical (unpaired) electrons. The molecule has 2 saturated carbocycles. The van der Waals surface area contributed by atoms with E-state index in [1.165, 1.54) is 64.2 Å². The van der Waals surface area contributed by atoms with E-state index < -0.39 is 8.96 Å². The first-order valence-electron chi connectivity index (χ1n) is 11.5. The molecule has 2 rings (SSSR count). The van der Waals surface area contributed by atoms with Gasteiger partial charge in [0.15, 0.2) is 0 Å². The molecular weight excluding hydrogens is 336 g/mol.